The Morgan fingerprint density at radius 3 is 2.48 bits per heavy atom. The molecular weight excluding hydrogens is 388 g/mol. The van der Waals surface area contributed by atoms with Crippen LogP contribution < -0.4 is 10.1 Å². The lowest BCUT2D eigenvalue weighted by molar-refractivity contribution is -0.116. The van der Waals surface area contributed by atoms with Crippen molar-refractivity contribution < 1.29 is 17.9 Å². The van der Waals surface area contributed by atoms with Gasteiger partial charge in [0, 0.05) is 17.8 Å². The van der Waals surface area contributed by atoms with Crippen molar-refractivity contribution in [2.75, 3.05) is 25.5 Å². The van der Waals surface area contributed by atoms with Gasteiger partial charge in [0.25, 0.3) is 0 Å². The van der Waals surface area contributed by atoms with E-state index in [0.717, 1.165) is 9.87 Å². The second-order valence-electron chi connectivity index (χ2n) is 6.13. The van der Waals surface area contributed by atoms with Gasteiger partial charge < -0.3 is 10.1 Å². The van der Waals surface area contributed by atoms with Crippen molar-refractivity contribution in [3.8, 4) is 5.75 Å². The number of sulfonamides is 1. The number of carbonyl (C=O) groups excluding carboxylic acids is 1. The van der Waals surface area contributed by atoms with Gasteiger partial charge in [-0.25, -0.2) is 8.42 Å². The van der Waals surface area contributed by atoms with Crippen LogP contribution in [0.3, 0.4) is 0 Å². The SMILES string of the molecule is CCOc1ccc(S(=O)(=O)N(C)CC(=O)Nc2cc(Cl)ccc2C)cc1C. The molecule has 0 aromatic heterocycles. The minimum atomic E-state index is -3.81. The lowest BCUT2D eigenvalue weighted by Gasteiger charge is -2.18. The zero-order valence-corrected chi connectivity index (χ0v) is 17.3. The molecule has 0 saturated carbocycles. The molecule has 1 amide bonds. The van der Waals surface area contributed by atoms with E-state index in [1.165, 1.54) is 19.2 Å². The average molecular weight is 411 g/mol. The third-order valence-corrected chi connectivity index (χ3v) is 6.03. The lowest BCUT2D eigenvalue weighted by atomic mass is 10.2. The fourth-order valence-corrected chi connectivity index (χ4v) is 3.87. The largest absolute Gasteiger partial charge is 0.494 e. The molecule has 0 aliphatic rings. The smallest absolute Gasteiger partial charge is 0.243 e. The first-order valence-corrected chi connectivity index (χ1v) is 10.2. The molecule has 0 heterocycles. The van der Waals surface area contributed by atoms with Crippen LogP contribution in [-0.2, 0) is 14.8 Å². The molecular formula is C19H23ClN2O4S. The summed E-state index contributed by atoms with van der Waals surface area (Å²) in [7, 11) is -2.44. The van der Waals surface area contributed by atoms with E-state index >= 15 is 0 Å². The summed E-state index contributed by atoms with van der Waals surface area (Å²) >= 11 is 5.94. The number of nitrogens with one attached hydrogen (secondary N) is 1. The maximum Gasteiger partial charge on any atom is 0.243 e. The van der Waals surface area contributed by atoms with Crippen molar-refractivity contribution >= 4 is 33.2 Å². The molecule has 6 nitrogen and oxygen atoms in total. The molecule has 1 N–H and O–H groups in total. The van der Waals surface area contributed by atoms with Crippen molar-refractivity contribution in [3.05, 3.63) is 52.5 Å². The van der Waals surface area contributed by atoms with Crippen LogP contribution in [0.25, 0.3) is 0 Å². The van der Waals surface area contributed by atoms with Gasteiger partial charge in [-0.15, -0.1) is 0 Å². The van der Waals surface area contributed by atoms with Crippen LogP contribution in [0.4, 0.5) is 5.69 Å². The summed E-state index contributed by atoms with van der Waals surface area (Å²) in [6, 6.07) is 9.76. The van der Waals surface area contributed by atoms with E-state index in [1.54, 1.807) is 31.2 Å². The molecule has 0 radical (unpaired) electrons. The van der Waals surface area contributed by atoms with Crippen LogP contribution in [0, 0.1) is 13.8 Å². The highest BCUT2D eigenvalue weighted by Gasteiger charge is 2.24. The number of amides is 1. The summed E-state index contributed by atoms with van der Waals surface area (Å²) in [6.45, 7) is 5.64. The zero-order valence-electron chi connectivity index (χ0n) is 15.7. The summed E-state index contributed by atoms with van der Waals surface area (Å²) in [5, 5.41) is 3.18. The molecule has 0 fully saturated rings. The number of halogens is 1. The fraction of sp³-hybridized carbons (Fsp3) is 0.316. The molecule has 0 aliphatic heterocycles. The Balaban J connectivity index is 2.13. The van der Waals surface area contributed by atoms with E-state index in [2.05, 4.69) is 5.32 Å². The van der Waals surface area contributed by atoms with Gasteiger partial charge >= 0.3 is 0 Å². The van der Waals surface area contributed by atoms with Crippen LogP contribution in [0.5, 0.6) is 5.75 Å². The number of rotatable bonds is 7. The number of aryl methyl sites for hydroxylation is 2. The molecule has 27 heavy (non-hydrogen) atoms. The second kappa shape index (κ2) is 8.73. The van der Waals surface area contributed by atoms with Crippen molar-refractivity contribution in [3.63, 3.8) is 0 Å². The first-order chi connectivity index (χ1) is 12.6. The highest BCUT2D eigenvalue weighted by Crippen LogP contribution is 2.24. The molecule has 0 bridgehead atoms. The standard InChI is InChI=1S/C19H23ClN2O4S/c1-5-26-18-9-8-16(10-14(18)3)27(24,25)22(4)12-19(23)21-17-11-15(20)7-6-13(17)2/h6-11H,5,12H2,1-4H3,(H,21,23). The normalized spacial score (nSPS) is 11.5. The highest BCUT2D eigenvalue weighted by molar-refractivity contribution is 7.89. The summed E-state index contributed by atoms with van der Waals surface area (Å²) in [6.07, 6.45) is 0. The number of nitrogens with zero attached hydrogens (tertiary/aromatic N) is 1. The molecule has 0 saturated heterocycles. The molecule has 0 aliphatic carbocycles. The number of ether oxygens (including phenoxy) is 1. The minimum absolute atomic E-state index is 0.109. The van der Waals surface area contributed by atoms with Crippen molar-refractivity contribution in [1.29, 1.82) is 0 Å². The van der Waals surface area contributed by atoms with E-state index in [0.29, 0.717) is 28.6 Å². The molecule has 0 spiro atoms. The first-order valence-electron chi connectivity index (χ1n) is 8.41. The molecule has 8 heteroatoms. The summed E-state index contributed by atoms with van der Waals surface area (Å²) in [5.41, 5.74) is 2.10. The third-order valence-electron chi connectivity index (χ3n) is 3.99. The van der Waals surface area contributed by atoms with E-state index in [1.807, 2.05) is 13.8 Å². The van der Waals surface area contributed by atoms with Gasteiger partial charge in [0.05, 0.1) is 18.0 Å². The van der Waals surface area contributed by atoms with E-state index in [9.17, 15) is 13.2 Å². The van der Waals surface area contributed by atoms with Crippen LogP contribution in [0.2, 0.25) is 5.02 Å². The molecule has 146 valence electrons. The summed E-state index contributed by atoms with van der Waals surface area (Å²) in [4.78, 5) is 12.4. The van der Waals surface area contributed by atoms with Gasteiger partial charge in [-0.05, 0) is 62.2 Å². The Kier molecular flexibility index (Phi) is 6.86. The molecule has 2 aromatic rings. The average Bonchev–Trinajstić information content (AvgIpc) is 2.59. The van der Waals surface area contributed by atoms with Crippen molar-refractivity contribution in [2.24, 2.45) is 0 Å². The number of carbonyl (C=O) groups is 1. The van der Waals surface area contributed by atoms with E-state index < -0.39 is 15.9 Å². The Morgan fingerprint density at radius 2 is 1.85 bits per heavy atom. The molecule has 2 aromatic carbocycles. The fourth-order valence-electron chi connectivity index (χ4n) is 2.49. The predicted molar refractivity (Wildman–Crippen MR) is 107 cm³/mol. The summed E-state index contributed by atoms with van der Waals surface area (Å²) < 4.78 is 31.9. The zero-order chi connectivity index (χ0) is 20.2. The third kappa shape index (κ3) is 5.22. The van der Waals surface area contributed by atoms with Crippen LogP contribution in [0.15, 0.2) is 41.3 Å². The monoisotopic (exact) mass is 410 g/mol. The number of benzene rings is 2. The van der Waals surface area contributed by atoms with Crippen LogP contribution in [0.1, 0.15) is 18.1 Å². The van der Waals surface area contributed by atoms with Gasteiger partial charge in [-0.3, -0.25) is 4.79 Å². The minimum Gasteiger partial charge on any atom is -0.494 e. The molecule has 0 unspecified atom stereocenters. The van der Waals surface area contributed by atoms with Gasteiger partial charge in [0.1, 0.15) is 5.75 Å². The Labute approximate surface area is 165 Å². The van der Waals surface area contributed by atoms with Gasteiger partial charge in [-0.1, -0.05) is 17.7 Å². The number of hydrogen-bond acceptors (Lipinski definition) is 4. The van der Waals surface area contributed by atoms with E-state index in [4.69, 9.17) is 16.3 Å². The number of hydrogen-bond donors (Lipinski definition) is 1. The quantitative estimate of drug-likeness (QED) is 0.756. The van der Waals surface area contributed by atoms with Gasteiger partial charge in [0.15, 0.2) is 0 Å². The molecule has 2 rings (SSSR count). The van der Waals surface area contributed by atoms with Gasteiger partial charge in [0.2, 0.25) is 15.9 Å². The summed E-state index contributed by atoms with van der Waals surface area (Å²) in [5.74, 6) is 0.183. The van der Waals surface area contributed by atoms with Crippen molar-refractivity contribution in [2.45, 2.75) is 25.7 Å². The van der Waals surface area contributed by atoms with Crippen LogP contribution in [-0.4, -0.2) is 38.8 Å². The Hall–Kier alpha value is -2.09. The Bertz CT molecular complexity index is 945. The van der Waals surface area contributed by atoms with Crippen molar-refractivity contribution in [1.82, 2.24) is 4.31 Å². The van der Waals surface area contributed by atoms with Crippen LogP contribution >= 0.6 is 11.6 Å². The number of likely N-dealkylation sites (N-methyl/N-ethyl adjacent to an activating group) is 1. The maximum atomic E-state index is 12.7. The number of anilines is 1. The van der Waals surface area contributed by atoms with E-state index in [-0.39, 0.29) is 11.4 Å². The maximum absolute atomic E-state index is 12.7. The topological polar surface area (TPSA) is 75.7 Å². The lowest BCUT2D eigenvalue weighted by Crippen LogP contribution is -2.35. The first kappa shape index (κ1) is 21.2. The predicted octanol–water partition coefficient (Wildman–Crippen LogP) is 3.61. The van der Waals surface area contributed by atoms with Gasteiger partial charge in [-0.2, -0.15) is 4.31 Å². The Morgan fingerprint density at radius 1 is 1.15 bits per heavy atom. The molecule has 0 atom stereocenters. The second-order valence-corrected chi connectivity index (χ2v) is 8.61. The highest BCUT2D eigenvalue weighted by atomic mass is 35.5.